The second kappa shape index (κ2) is 11.8. The molecule has 1 N–H and O–H groups in total. The zero-order valence-electron chi connectivity index (χ0n) is 20.6. The van der Waals surface area contributed by atoms with Gasteiger partial charge in [-0.25, -0.2) is 13.2 Å². The SMILES string of the molecule is CC(C)(C)OC(=O)NC1CCN(CC[C@H](CCS(=O)(=O)c2ccccc2)c2ccccc2)CC1. The molecule has 0 unspecified atom stereocenters. The summed E-state index contributed by atoms with van der Waals surface area (Å²) in [6.45, 7) is 8.31. The number of hydrogen-bond donors (Lipinski definition) is 1. The van der Waals surface area contributed by atoms with Crippen LogP contribution in [0, 0.1) is 0 Å². The Kier molecular flexibility index (Phi) is 9.14. The van der Waals surface area contributed by atoms with E-state index in [4.69, 9.17) is 4.74 Å². The fourth-order valence-electron chi connectivity index (χ4n) is 4.36. The highest BCUT2D eigenvalue weighted by atomic mass is 32.2. The molecule has 1 aliphatic rings. The number of amides is 1. The van der Waals surface area contributed by atoms with E-state index >= 15 is 0 Å². The van der Waals surface area contributed by atoms with Crippen LogP contribution in [0.4, 0.5) is 4.79 Å². The van der Waals surface area contributed by atoms with Gasteiger partial charge in [0.25, 0.3) is 0 Å². The Balaban J connectivity index is 1.52. The van der Waals surface area contributed by atoms with Gasteiger partial charge in [0.1, 0.15) is 5.60 Å². The quantitative estimate of drug-likeness (QED) is 0.539. The van der Waals surface area contributed by atoms with E-state index < -0.39 is 15.4 Å². The third kappa shape index (κ3) is 8.44. The second-order valence-corrected chi connectivity index (χ2v) is 12.2. The Morgan fingerprint density at radius 1 is 1.00 bits per heavy atom. The molecule has 0 saturated carbocycles. The molecule has 0 spiro atoms. The zero-order chi connectivity index (χ0) is 24.6. The van der Waals surface area contributed by atoms with Gasteiger partial charge in [0.15, 0.2) is 9.84 Å². The van der Waals surface area contributed by atoms with E-state index in [1.165, 1.54) is 5.56 Å². The summed E-state index contributed by atoms with van der Waals surface area (Å²) in [5.74, 6) is 0.315. The van der Waals surface area contributed by atoms with Gasteiger partial charge in [-0.3, -0.25) is 0 Å². The number of likely N-dealkylation sites (tertiary alicyclic amines) is 1. The Morgan fingerprint density at radius 2 is 1.59 bits per heavy atom. The van der Waals surface area contributed by atoms with E-state index in [9.17, 15) is 13.2 Å². The van der Waals surface area contributed by atoms with Crippen molar-refractivity contribution >= 4 is 15.9 Å². The molecule has 0 bridgehead atoms. The van der Waals surface area contributed by atoms with Gasteiger partial charge in [0.05, 0.1) is 10.6 Å². The second-order valence-electron chi connectivity index (χ2n) is 10.1. The maximum atomic E-state index is 12.8. The van der Waals surface area contributed by atoms with Crippen LogP contribution in [0.3, 0.4) is 0 Å². The van der Waals surface area contributed by atoms with E-state index in [0.717, 1.165) is 38.9 Å². The van der Waals surface area contributed by atoms with Gasteiger partial charge in [0.2, 0.25) is 0 Å². The van der Waals surface area contributed by atoms with Gasteiger partial charge >= 0.3 is 6.09 Å². The number of sulfone groups is 1. The molecule has 7 heteroatoms. The molecule has 34 heavy (non-hydrogen) atoms. The smallest absolute Gasteiger partial charge is 0.407 e. The van der Waals surface area contributed by atoms with E-state index in [2.05, 4.69) is 22.3 Å². The van der Waals surface area contributed by atoms with Crippen molar-refractivity contribution in [3.05, 3.63) is 66.2 Å². The molecule has 1 atom stereocenters. The molecule has 1 aliphatic heterocycles. The molecule has 0 aromatic heterocycles. The number of ether oxygens (including phenoxy) is 1. The predicted octanol–water partition coefficient (Wildman–Crippen LogP) is 5.01. The Morgan fingerprint density at radius 3 is 2.18 bits per heavy atom. The third-order valence-corrected chi connectivity index (χ3v) is 7.97. The monoisotopic (exact) mass is 486 g/mol. The normalized spacial score (nSPS) is 16.7. The lowest BCUT2D eigenvalue weighted by Crippen LogP contribution is -2.46. The van der Waals surface area contributed by atoms with Crippen LogP contribution in [-0.4, -0.2) is 56.4 Å². The highest BCUT2D eigenvalue weighted by Gasteiger charge is 2.25. The van der Waals surface area contributed by atoms with Gasteiger partial charge in [-0.2, -0.15) is 0 Å². The molecular weight excluding hydrogens is 448 g/mol. The maximum absolute atomic E-state index is 12.8. The van der Waals surface area contributed by atoms with Crippen LogP contribution in [0.5, 0.6) is 0 Å². The van der Waals surface area contributed by atoms with Crippen LogP contribution in [-0.2, 0) is 14.6 Å². The first-order valence-electron chi connectivity index (χ1n) is 12.2. The fourth-order valence-corrected chi connectivity index (χ4v) is 5.76. The number of hydrogen-bond acceptors (Lipinski definition) is 5. The van der Waals surface area contributed by atoms with Crippen molar-refractivity contribution in [3.63, 3.8) is 0 Å². The Labute approximate surface area is 204 Å². The Bertz CT molecular complexity index is 996. The first-order valence-corrected chi connectivity index (χ1v) is 13.8. The molecule has 1 heterocycles. The van der Waals surface area contributed by atoms with Crippen LogP contribution in [0.2, 0.25) is 0 Å². The third-order valence-electron chi connectivity index (χ3n) is 6.21. The first kappa shape index (κ1) is 26.2. The molecule has 0 radical (unpaired) electrons. The number of piperidine rings is 1. The van der Waals surface area contributed by atoms with Crippen molar-refractivity contribution in [1.29, 1.82) is 0 Å². The van der Waals surface area contributed by atoms with Crippen molar-refractivity contribution in [1.82, 2.24) is 10.2 Å². The average Bonchev–Trinajstić information content (AvgIpc) is 2.80. The molecule has 1 amide bonds. The molecule has 1 fully saturated rings. The minimum atomic E-state index is -3.30. The van der Waals surface area contributed by atoms with E-state index in [-0.39, 0.29) is 23.8 Å². The van der Waals surface area contributed by atoms with Gasteiger partial charge < -0.3 is 15.0 Å². The van der Waals surface area contributed by atoms with Crippen LogP contribution in [0.1, 0.15) is 57.9 Å². The number of rotatable bonds is 9. The lowest BCUT2D eigenvalue weighted by atomic mass is 9.92. The predicted molar refractivity (Wildman–Crippen MR) is 136 cm³/mol. The van der Waals surface area contributed by atoms with Gasteiger partial charge in [-0.15, -0.1) is 0 Å². The van der Waals surface area contributed by atoms with Crippen LogP contribution in [0.15, 0.2) is 65.6 Å². The summed E-state index contributed by atoms with van der Waals surface area (Å²) in [5, 5.41) is 2.98. The summed E-state index contributed by atoms with van der Waals surface area (Å²) >= 11 is 0. The molecule has 6 nitrogen and oxygen atoms in total. The standard InChI is InChI=1S/C27H38N2O4S/c1-27(2,3)33-26(30)28-24-15-19-29(20-16-24)18-14-23(22-10-6-4-7-11-22)17-21-34(31,32)25-12-8-5-9-13-25/h4-13,23-24H,14-21H2,1-3H3,(H,28,30)/t23-/m1/s1. The zero-order valence-corrected chi connectivity index (χ0v) is 21.4. The summed E-state index contributed by atoms with van der Waals surface area (Å²) < 4.78 is 31.0. The van der Waals surface area contributed by atoms with Crippen molar-refractivity contribution in [2.45, 2.75) is 68.9 Å². The molecular formula is C27H38N2O4S. The molecule has 2 aromatic carbocycles. The minimum absolute atomic E-state index is 0.132. The fraction of sp³-hybridized carbons (Fsp3) is 0.519. The number of nitrogens with one attached hydrogen (secondary N) is 1. The summed E-state index contributed by atoms with van der Waals surface area (Å²) in [6, 6.07) is 19.0. The minimum Gasteiger partial charge on any atom is -0.444 e. The van der Waals surface area contributed by atoms with E-state index in [1.54, 1.807) is 24.3 Å². The largest absolute Gasteiger partial charge is 0.444 e. The molecule has 1 saturated heterocycles. The number of carbonyl (C=O) groups is 1. The molecule has 0 aliphatic carbocycles. The van der Waals surface area contributed by atoms with Gasteiger partial charge in [0, 0.05) is 19.1 Å². The summed E-state index contributed by atoms with van der Waals surface area (Å²) in [4.78, 5) is 14.8. The van der Waals surface area contributed by atoms with Crippen molar-refractivity contribution in [2.24, 2.45) is 0 Å². The van der Waals surface area contributed by atoms with E-state index in [1.807, 2.05) is 45.0 Å². The Hall–Kier alpha value is -2.38. The molecule has 186 valence electrons. The van der Waals surface area contributed by atoms with Crippen molar-refractivity contribution < 1.29 is 17.9 Å². The summed E-state index contributed by atoms with van der Waals surface area (Å²) in [5.41, 5.74) is 0.692. The average molecular weight is 487 g/mol. The van der Waals surface area contributed by atoms with Crippen LogP contribution in [0.25, 0.3) is 0 Å². The topological polar surface area (TPSA) is 75.7 Å². The summed E-state index contributed by atoms with van der Waals surface area (Å²) in [7, 11) is -3.30. The highest BCUT2D eigenvalue weighted by molar-refractivity contribution is 7.91. The molecule has 3 rings (SSSR count). The van der Waals surface area contributed by atoms with Crippen molar-refractivity contribution in [3.8, 4) is 0 Å². The molecule has 2 aromatic rings. The maximum Gasteiger partial charge on any atom is 0.407 e. The lowest BCUT2D eigenvalue weighted by Gasteiger charge is -2.33. The van der Waals surface area contributed by atoms with Crippen molar-refractivity contribution in [2.75, 3.05) is 25.4 Å². The van der Waals surface area contributed by atoms with Crippen LogP contribution < -0.4 is 5.32 Å². The highest BCUT2D eigenvalue weighted by Crippen LogP contribution is 2.26. The van der Waals surface area contributed by atoms with Gasteiger partial charge in [-0.05, 0) is 76.6 Å². The first-order chi connectivity index (χ1) is 16.1. The van der Waals surface area contributed by atoms with E-state index in [0.29, 0.717) is 11.3 Å². The summed E-state index contributed by atoms with van der Waals surface area (Å²) in [6.07, 6.45) is 2.92. The lowest BCUT2D eigenvalue weighted by molar-refractivity contribution is 0.0478. The van der Waals surface area contributed by atoms with Gasteiger partial charge in [-0.1, -0.05) is 48.5 Å². The number of benzene rings is 2. The number of nitrogens with zero attached hydrogens (tertiary/aromatic N) is 1. The number of alkyl carbamates (subject to hydrolysis) is 1. The van der Waals surface area contributed by atoms with Crippen LogP contribution >= 0.6 is 0 Å². The number of carbonyl (C=O) groups excluding carboxylic acids is 1.